The lowest BCUT2D eigenvalue weighted by atomic mass is 10.2. The Kier molecular flexibility index (Phi) is 4.01. The largest absolute Gasteiger partial charge is 0.360 e. The van der Waals surface area contributed by atoms with Gasteiger partial charge in [-0.3, -0.25) is 4.72 Å². The van der Waals surface area contributed by atoms with Gasteiger partial charge in [0, 0.05) is 11.3 Å². The molecule has 132 valence electrons. The molecule has 8 heteroatoms. The van der Waals surface area contributed by atoms with E-state index in [4.69, 9.17) is 4.52 Å². The molecule has 0 amide bonds. The van der Waals surface area contributed by atoms with E-state index in [1.807, 2.05) is 36.4 Å². The molecule has 2 aromatic carbocycles. The smallest absolute Gasteiger partial charge is 0.267 e. The molecule has 4 aromatic rings. The molecular weight excluding hydrogens is 370 g/mol. The second kappa shape index (κ2) is 6.22. The van der Waals surface area contributed by atoms with Gasteiger partial charge in [0.25, 0.3) is 10.0 Å². The number of thiazole rings is 1. The Balaban J connectivity index is 1.62. The van der Waals surface area contributed by atoms with Crippen LogP contribution in [-0.4, -0.2) is 18.6 Å². The maximum Gasteiger partial charge on any atom is 0.267 e. The molecule has 0 radical (unpaired) electrons. The van der Waals surface area contributed by atoms with Crippen molar-refractivity contribution in [3.05, 3.63) is 60.0 Å². The summed E-state index contributed by atoms with van der Waals surface area (Å²) in [4.78, 5) is 4.69. The highest BCUT2D eigenvalue weighted by molar-refractivity contribution is 7.92. The molecule has 0 fully saturated rings. The molecule has 0 saturated heterocycles. The minimum absolute atomic E-state index is 0.0766. The van der Waals surface area contributed by atoms with Crippen LogP contribution < -0.4 is 4.72 Å². The van der Waals surface area contributed by atoms with E-state index in [-0.39, 0.29) is 10.7 Å². The van der Waals surface area contributed by atoms with E-state index in [1.54, 1.807) is 37.3 Å². The van der Waals surface area contributed by atoms with Gasteiger partial charge in [-0.05, 0) is 50.2 Å². The SMILES string of the molecule is Cc1noc(C)c1S(=O)(=O)Nc1ccc(-c2nc3ccccc3s2)cc1. The van der Waals surface area contributed by atoms with Gasteiger partial charge < -0.3 is 4.52 Å². The van der Waals surface area contributed by atoms with Gasteiger partial charge >= 0.3 is 0 Å². The third-order valence-corrected chi connectivity index (χ3v) is 6.62. The zero-order valence-corrected chi connectivity index (χ0v) is 15.7. The number of rotatable bonds is 4. The summed E-state index contributed by atoms with van der Waals surface area (Å²) in [6.07, 6.45) is 0. The summed E-state index contributed by atoms with van der Waals surface area (Å²) >= 11 is 1.60. The summed E-state index contributed by atoms with van der Waals surface area (Å²) < 4.78 is 33.7. The monoisotopic (exact) mass is 385 g/mol. The summed E-state index contributed by atoms with van der Waals surface area (Å²) in [5.74, 6) is 0.265. The van der Waals surface area contributed by atoms with Crippen molar-refractivity contribution in [2.24, 2.45) is 0 Å². The van der Waals surface area contributed by atoms with E-state index in [1.165, 1.54) is 0 Å². The molecule has 26 heavy (non-hydrogen) atoms. The summed E-state index contributed by atoms with van der Waals surface area (Å²) in [5, 5.41) is 4.59. The number of aromatic nitrogens is 2. The molecule has 0 bridgehead atoms. The van der Waals surface area contributed by atoms with Gasteiger partial charge in [0.1, 0.15) is 10.7 Å². The van der Waals surface area contributed by atoms with Crippen LogP contribution >= 0.6 is 11.3 Å². The Morgan fingerprint density at radius 2 is 1.77 bits per heavy atom. The van der Waals surface area contributed by atoms with Crippen LogP contribution in [0.3, 0.4) is 0 Å². The van der Waals surface area contributed by atoms with Crippen molar-refractivity contribution in [3.63, 3.8) is 0 Å². The van der Waals surface area contributed by atoms with Gasteiger partial charge in [-0.2, -0.15) is 0 Å². The molecule has 0 unspecified atom stereocenters. The number of fused-ring (bicyclic) bond motifs is 1. The number of aryl methyl sites for hydroxylation is 2. The third-order valence-electron chi connectivity index (χ3n) is 3.91. The molecule has 2 aromatic heterocycles. The lowest BCUT2D eigenvalue weighted by Gasteiger charge is -2.08. The van der Waals surface area contributed by atoms with E-state index >= 15 is 0 Å². The van der Waals surface area contributed by atoms with Crippen molar-refractivity contribution in [1.82, 2.24) is 10.1 Å². The topological polar surface area (TPSA) is 85.1 Å². The highest BCUT2D eigenvalue weighted by Crippen LogP contribution is 2.31. The maximum absolute atomic E-state index is 12.6. The van der Waals surface area contributed by atoms with E-state index in [9.17, 15) is 8.42 Å². The summed E-state index contributed by atoms with van der Waals surface area (Å²) in [6.45, 7) is 3.17. The van der Waals surface area contributed by atoms with Gasteiger partial charge in [0.15, 0.2) is 10.7 Å². The lowest BCUT2D eigenvalue weighted by Crippen LogP contribution is -2.14. The highest BCUT2D eigenvalue weighted by atomic mass is 32.2. The normalized spacial score (nSPS) is 11.8. The minimum atomic E-state index is -3.75. The standard InChI is InChI=1S/C18H15N3O3S2/c1-11-17(12(2)24-20-11)26(22,23)21-14-9-7-13(8-10-14)18-19-15-5-3-4-6-16(15)25-18/h3-10,21H,1-2H3. The summed E-state index contributed by atoms with van der Waals surface area (Å²) in [5.41, 5.74) is 2.69. The van der Waals surface area contributed by atoms with Crippen LogP contribution in [0.25, 0.3) is 20.8 Å². The fourth-order valence-electron chi connectivity index (χ4n) is 2.74. The highest BCUT2D eigenvalue weighted by Gasteiger charge is 2.24. The number of para-hydroxylation sites is 1. The molecule has 0 atom stereocenters. The van der Waals surface area contributed by atoms with Gasteiger partial charge in [0.05, 0.1) is 10.2 Å². The number of benzene rings is 2. The average molecular weight is 385 g/mol. The first kappa shape index (κ1) is 16.7. The van der Waals surface area contributed by atoms with Crippen LogP contribution in [0.2, 0.25) is 0 Å². The number of nitrogens with zero attached hydrogens (tertiary/aromatic N) is 2. The number of sulfonamides is 1. The van der Waals surface area contributed by atoms with Gasteiger partial charge in [0.2, 0.25) is 0 Å². The zero-order valence-electron chi connectivity index (χ0n) is 14.1. The lowest BCUT2D eigenvalue weighted by molar-refractivity contribution is 0.390. The van der Waals surface area contributed by atoms with Crippen molar-refractivity contribution < 1.29 is 12.9 Å². The number of hydrogen-bond donors (Lipinski definition) is 1. The van der Waals surface area contributed by atoms with Crippen molar-refractivity contribution >= 4 is 37.3 Å². The first-order chi connectivity index (χ1) is 12.4. The molecular formula is C18H15N3O3S2. The fourth-order valence-corrected chi connectivity index (χ4v) is 5.10. The van der Waals surface area contributed by atoms with Gasteiger partial charge in [-0.1, -0.05) is 17.3 Å². The Morgan fingerprint density at radius 3 is 2.42 bits per heavy atom. The molecule has 6 nitrogen and oxygen atoms in total. The van der Waals surface area contributed by atoms with E-state index in [2.05, 4.69) is 14.9 Å². The van der Waals surface area contributed by atoms with Crippen molar-refractivity contribution in [1.29, 1.82) is 0 Å². The third kappa shape index (κ3) is 2.97. The summed E-state index contributed by atoms with van der Waals surface area (Å²) in [7, 11) is -3.75. The van der Waals surface area contributed by atoms with Crippen LogP contribution in [0, 0.1) is 13.8 Å². The summed E-state index contributed by atoms with van der Waals surface area (Å²) in [6, 6.07) is 15.1. The molecule has 0 aliphatic carbocycles. The van der Waals surface area contributed by atoms with Gasteiger partial charge in [-0.25, -0.2) is 13.4 Å². The Labute approximate surface area is 154 Å². The molecule has 0 spiro atoms. The van der Waals surface area contributed by atoms with E-state index < -0.39 is 10.0 Å². The maximum atomic E-state index is 12.6. The van der Waals surface area contributed by atoms with Crippen molar-refractivity contribution in [2.75, 3.05) is 4.72 Å². The van der Waals surface area contributed by atoms with Crippen LogP contribution in [0.5, 0.6) is 0 Å². The Hall–Kier alpha value is -2.71. The molecule has 4 rings (SSSR count). The van der Waals surface area contributed by atoms with Crippen LogP contribution in [-0.2, 0) is 10.0 Å². The fraction of sp³-hybridized carbons (Fsp3) is 0.111. The van der Waals surface area contributed by atoms with E-state index in [0.29, 0.717) is 11.4 Å². The Bertz CT molecular complexity index is 1140. The van der Waals surface area contributed by atoms with Crippen LogP contribution in [0.15, 0.2) is 57.9 Å². The molecule has 0 aliphatic heterocycles. The number of nitrogens with one attached hydrogen (secondary N) is 1. The first-order valence-electron chi connectivity index (χ1n) is 7.86. The van der Waals surface area contributed by atoms with Crippen molar-refractivity contribution in [2.45, 2.75) is 18.7 Å². The second-order valence-electron chi connectivity index (χ2n) is 5.82. The van der Waals surface area contributed by atoms with E-state index in [0.717, 1.165) is 20.8 Å². The number of hydrogen-bond acceptors (Lipinski definition) is 6. The molecule has 0 aliphatic rings. The predicted octanol–water partition coefficient (Wildman–Crippen LogP) is 4.37. The quantitative estimate of drug-likeness (QED) is 0.564. The number of anilines is 1. The Morgan fingerprint density at radius 1 is 1.04 bits per heavy atom. The second-order valence-corrected chi connectivity index (χ2v) is 8.47. The average Bonchev–Trinajstić information content (AvgIpc) is 3.18. The zero-order chi connectivity index (χ0) is 18.3. The van der Waals surface area contributed by atoms with Gasteiger partial charge in [-0.15, -0.1) is 11.3 Å². The predicted molar refractivity (Wildman–Crippen MR) is 102 cm³/mol. The molecule has 0 saturated carbocycles. The van der Waals surface area contributed by atoms with Crippen LogP contribution in [0.4, 0.5) is 5.69 Å². The minimum Gasteiger partial charge on any atom is -0.360 e. The van der Waals surface area contributed by atoms with Crippen molar-refractivity contribution in [3.8, 4) is 10.6 Å². The van der Waals surface area contributed by atoms with Crippen LogP contribution in [0.1, 0.15) is 11.5 Å². The first-order valence-corrected chi connectivity index (χ1v) is 10.2. The molecule has 1 N–H and O–H groups in total. The molecule has 2 heterocycles.